The summed E-state index contributed by atoms with van der Waals surface area (Å²) in [4.78, 5) is 12.4. The number of anilines is 1. The Labute approximate surface area is 124 Å². The lowest BCUT2D eigenvalue weighted by Gasteiger charge is -2.13. The number of nitrogens with zero attached hydrogens (tertiary/aromatic N) is 3. The fourth-order valence-corrected chi connectivity index (χ4v) is 2.56. The van der Waals surface area contributed by atoms with Crippen LogP contribution in [0.25, 0.3) is 5.65 Å². The molecule has 2 aromatic heterocycles. The largest absolute Gasteiger partial charge is 0.385 e. The molecule has 0 aromatic carbocycles. The molecular weight excluding hydrogens is 324 g/mol. The lowest BCUT2D eigenvalue weighted by atomic mass is 10.0. The summed E-state index contributed by atoms with van der Waals surface area (Å²) in [5.41, 5.74) is 0.415. The number of nitrogens with one attached hydrogen (secondary N) is 1. The average Bonchev–Trinajstić information content (AvgIpc) is 3.14. The van der Waals surface area contributed by atoms with Crippen LogP contribution in [0.5, 0.6) is 0 Å². The topological polar surface area (TPSA) is 68.5 Å². The molecule has 3 rings (SSSR count). The van der Waals surface area contributed by atoms with Crippen molar-refractivity contribution in [2.24, 2.45) is 5.41 Å². The van der Waals surface area contributed by atoms with Gasteiger partial charge >= 0.3 is 0 Å². The predicted molar refractivity (Wildman–Crippen MR) is 77.5 cm³/mol. The van der Waals surface area contributed by atoms with Crippen LogP contribution < -0.4 is 5.32 Å². The third-order valence-corrected chi connectivity index (χ3v) is 4.18. The quantitative estimate of drug-likeness (QED) is 0.907. The van der Waals surface area contributed by atoms with Gasteiger partial charge in [-0.3, -0.25) is 14.5 Å². The number of fused-ring (bicyclic) bond motifs is 1. The minimum Gasteiger partial charge on any atom is -0.385 e. The molecule has 1 saturated carbocycles. The Morgan fingerprint density at radius 1 is 1.50 bits per heavy atom. The van der Waals surface area contributed by atoms with Crippen molar-refractivity contribution in [1.82, 2.24) is 14.6 Å². The second-order valence-corrected chi connectivity index (χ2v) is 5.99. The zero-order chi connectivity index (χ0) is 14.2. The number of hydrogen-bond donors (Lipinski definition) is 1. The molecule has 2 aromatic rings. The fraction of sp³-hybridized carbons (Fsp3) is 0.462. The van der Waals surface area contributed by atoms with Gasteiger partial charge in [-0.05, 0) is 47.3 Å². The monoisotopic (exact) mass is 338 g/mol. The highest BCUT2D eigenvalue weighted by molar-refractivity contribution is 9.10. The molecular formula is C13H15BrN4O2. The number of aromatic nitrogens is 3. The maximum absolute atomic E-state index is 12.4. The van der Waals surface area contributed by atoms with Crippen molar-refractivity contribution in [2.45, 2.75) is 19.3 Å². The van der Waals surface area contributed by atoms with Crippen molar-refractivity contribution < 1.29 is 9.53 Å². The Balaban J connectivity index is 1.79. The van der Waals surface area contributed by atoms with E-state index in [1.54, 1.807) is 11.5 Å². The summed E-state index contributed by atoms with van der Waals surface area (Å²) in [5.74, 6) is 0.457. The highest BCUT2D eigenvalue weighted by Crippen LogP contribution is 2.49. The summed E-state index contributed by atoms with van der Waals surface area (Å²) < 4.78 is 7.73. The first-order chi connectivity index (χ1) is 9.64. The first kappa shape index (κ1) is 13.5. The second kappa shape index (κ2) is 5.14. The number of carbonyl (C=O) groups excluding carboxylic acids is 1. The maximum atomic E-state index is 12.4. The summed E-state index contributed by atoms with van der Waals surface area (Å²) in [6.07, 6.45) is 4.39. The van der Waals surface area contributed by atoms with Crippen LogP contribution in [0, 0.1) is 5.41 Å². The Bertz CT molecular complexity index is 651. The standard InChI is InChI=1S/C13H15BrN4O2/c1-20-7-6-13(4-5-13)11(19)15-12-17-16-10-3-2-9(14)8-18(10)12/h2-3,8H,4-7H2,1H3,(H,15,17,19). The molecule has 0 spiro atoms. The van der Waals surface area contributed by atoms with Crippen LogP contribution in [0.15, 0.2) is 22.8 Å². The maximum Gasteiger partial charge on any atom is 0.235 e. The molecule has 0 atom stereocenters. The van der Waals surface area contributed by atoms with Crippen molar-refractivity contribution in [2.75, 3.05) is 19.0 Å². The van der Waals surface area contributed by atoms with E-state index in [0.29, 0.717) is 18.2 Å². The number of carbonyl (C=O) groups is 1. The van der Waals surface area contributed by atoms with E-state index < -0.39 is 0 Å². The van der Waals surface area contributed by atoms with Crippen LogP contribution in [0.1, 0.15) is 19.3 Å². The van der Waals surface area contributed by atoms with Gasteiger partial charge in [0.25, 0.3) is 0 Å². The summed E-state index contributed by atoms with van der Waals surface area (Å²) in [5, 5.41) is 10.9. The molecule has 1 aliphatic carbocycles. The van der Waals surface area contributed by atoms with Gasteiger partial charge in [0.05, 0.1) is 5.41 Å². The van der Waals surface area contributed by atoms with Crippen molar-refractivity contribution in [1.29, 1.82) is 0 Å². The SMILES string of the molecule is COCCC1(C(=O)Nc2nnc3ccc(Br)cn23)CC1. The zero-order valence-electron chi connectivity index (χ0n) is 11.1. The van der Waals surface area contributed by atoms with E-state index in [2.05, 4.69) is 31.4 Å². The first-order valence-corrected chi connectivity index (χ1v) is 7.25. The summed E-state index contributed by atoms with van der Waals surface area (Å²) in [6.45, 7) is 0.597. The molecule has 2 heterocycles. The number of halogens is 1. The third-order valence-electron chi connectivity index (χ3n) is 3.71. The van der Waals surface area contributed by atoms with Gasteiger partial charge in [0.15, 0.2) is 5.65 Å². The Morgan fingerprint density at radius 3 is 3.00 bits per heavy atom. The molecule has 0 bridgehead atoms. The van der Waals surface area contributed by atoms with E-state index in [4.69, 9.17) is 4.74 Å². The second-order valence-electron chi connectivity index (χ2n) is 5.08. The van der Waals surface area contributed by atoms with E-state index in [1.807, 2.05) is 18.3 Å². The van der Waals surface area contributed by atoms with Crippen LogP contribution in [0.4, 0.5) is 5.95 Å². The molecule has 1 fully saturated rings. The van der Waals surface area contributed by atoms with Gasteiger partial charge in [-0.25, -0.2) is 0 Å². The number of rotatable bonds is 5. The molecule has 0 saturated heterocycles. The van der Waals surface area contributed by atoms with Crippen LogP contribution >= 0.6 is 15.9 Å². The van der Waals surface area contributed by atoms with E-state index in [9.17, 15) is 4.79 Å². The highest BCUT2D eigenvalue weighted by Gasteiger charge is 2.49. The van der Waals surface area contributed by atoms with Gasteiger partial charge < -0.3 is 4.74 Å². The van der Waals surface area contributed by atoms with E-state index in [0.717, 1.165) is 23.7 Å². The lowest BCUT2D eigenvalue weighted by Crippen LogP contribution is -2.26. The average molecular weight is 339 g/mol. The molecule has 1 aliphatic rings. The summed E-state index contributed by atoms with van der Waals surface area (Å²) in [6, 6.07) is 3.72. The van der Waals surface area contributed by atoms with Gasteiger partial charge in [-0.1, -0.05) is 0 Å². The number of hydrogen-bond acceptors (Lipinski definition) is 4. The van der Waals surface area contributed by atoms with Crippen molar-refractivity contribution >= 4 is 33.4 Å². The van der Waals surface area contributed by atoms with E-state index >= 15 is 0 Å². The smallest absolute Gasteiger partial charge is 0.235 e. The van der Waals surface area contributed by atoms with Crippen LogP contribution in [-0.4, -0.2) is 34.2 Å². The van der Waals surface area contributed by atoms with Crippen molar-refractivity contribution in [3.8, 4) is 0 Å². The summed E-state index contributed by atoms with van der Waals surface area (Å²) >= 11 is 3.40. The molecule has 0 unspecified atom stereocenters. The molecule has 1 N–H and O–H groups in total. The highest BCUT2D eigenvalue weighted by atomic mass is 79.9. The summed E-state index contributed by atoms with van der Waals surface area (Å²) in [7, 11) is 1.65. The lowest BCUT2D eigenvalue weighted by molar-refractivity contribution is -0.121. The van der Waals surface area contributed by atoms with Gasteiger partial charge in [0.1, 0.15) is 0 Å². The van der Waals surface area contributed by atoms with Gasteiger partial charge in [0.2, 0.25) is 11.9 Å². The van der Waals surface area contributed by atoms with E-state index in [-0.39, 0.29) is 11.3 Å². The Hall–Kier alpha value is -1.47. The molecule has 0 radical (unpaired) electrons. The Morgan fingerprint density at radius 2 is 2.30 bits per heavy atom. The first-order valence-electron chi connectivity index (χ1n) is 6.45. The van der Waals surface area contributed by atoms with Crippen LogP contribution in [0.3, 0.4) is 0 Å². The number of methoxy groups -OCH3 is 1. The number of pyridine rings is 1. The van der Waals surface area contributed by atoms with Crippen molar-refractivity contribution in [3.63, 3.8) is 0 Å². The van der Waals surface area contributed by atoms with E-state index in [1.165, 1.54) is 0 Å². The van der Waals surface area contributed by atoms with Gasteiger partial charge in [-0.15, -0.1) is 10.2 Å². The van der Waals surface area contributed by atoms with Gasteiger partial charge in [0, 0.05) is 24.4 Å². The number of ether oxygens (including phenoxy) is 1. The molecule has 6 nitrogen and oxygen atoms in total. The number of amides is 1. The minimum atomic E-state index is -0.284. The van der Waals surface area contributed by atoms with Crippen LogP contribution in [-0.2, 0) is 9.53 Å². The normalized spacial score (nSPS) is 16.3. The molecule has 7 heteroatoms. The molecule has 106 valence electrons. The third kappa shape index (κ3) is 2.43. The molecule has 1 amide bonds. The van der Waals surface area contributed by atoms with Crippen LogP contribution in [0.2, 0.25) is 0 Å². The fourth-order valence-electron chi connectivity index (χ4n) is 2.22. The molecule has 0 aliphatic heterocycles. The zero-order valence-corrected chi connectivity index (χ0v) is 12.7. The minimum absolute atomic E-state index is 0.00354. The Kier molecular flexibility index (Phi) is 3.47. The van der Waals surface area contributed by atoms with Gasteiger partial charge in [-0.2, -0.15) is 0 Å². The molecule has 20 heavy (non-hydrogen) atoms. The predicted octanol–water partition coefficient (Wildman–Crippen LogP) is 2.25. The van der Waals surface area contributed by atoms with Crippen molar-refractivity contribution in [3.05, 3.63) is 22.8 Å².